The summed E-state index contributed by atoms with van der Waals surface area (Å²) in [5.74, 6) is -0.112. The van der Waals surface area contributed by atoms with Crippen molar-refractivity contribution in [1.82, 2.24) is 9.13 Å². The molecule has 2 heterocycles. The molecule has 0 fully saturated rings. The Labute approximate surface area is 138 Å². The molecule has 3 rings (SSSR count). The van der Waals surface area contributed by atoms with Crippen molar-refractivity contribution >= 4 is 24.4 Å². The van der Waals surface area contributed by atoms with Gasteiger partial charge in [0.25, 0.3) is 5.56 Å². The van der Waals surface area contributed by atoms with Crippen molar-refractivity contribution < 1.29 is 5.11 Å². The number of fused-ring (bicyclic) bond motifs is 1. The third kappa shape index (κ3) is 2.55. The standard InChI is InChI=1S/C17H17N3O2S/c1-3-19-15(21)13(16(22)20(4-2)17(19)23)10-12-9-11-7-5-6-8-14(11)18-12/h5-10,21H,3-4H2,1-2H3/b12-10-. The molecule has 1 aliphatic rings. The van der Waals surface area contributed by atoms with Crippen molar-refractivity contribution in [3.63, 3.8) is 0 Å². The number of para-hydroxylation sites is 1. The minimum Gasteiger partial charge on any atom is -0.494 e. The van der Waals surface area contributed by atoms with Crippen LogP contribution in [0.1, 0.15) is 19.4 Å². The first-order valence-electron chi connectivity index (χ1n) is 7.50. The molecular formula is C17H17N3O2S. The lowest BCUT2D eigenvalue weighted by Gasteiger charge is -2.13. The van der Waals surface area contributed by atoms with Gasteiger partial charge in [0, 0.05) is 18.3 Å². The highest BCUT2D eigenvalue weighted by molar-refractivity contribution is 7.71. The van der Waals surface area contributed by atoms with Gasteiger partial charge in [0.1, 0.15) is 5.56 Å². The van der Waals surface area contributed by atoms with Crippen LogP contribution in [-0.2, 0) is 13.1 Å². The third-order valence-electron chi connectivity index (χ3n) is 3.85. The lowest BCUT2D eigenvalue weighted by atomic mass is 10.2. The van der Waals surface area contributed by atoms with Crippen LogP contribution in [0.4, 0.5) is 0 Å². The van der Waals surface area contributed by atoms with E-state index in [1.807, 2.05) is 44.2 Å². The van der Waals surface area contributed by atoms with Crippen molar-refractivity contribution in [3.8, 4) is 5.88 Å². The van der Waals surface area contributed by atoms with E-state index in [9.17, 15) is 9.90 Å². The molecule has 0 radical (unpaired) electrons. The second kappa shape index (κ2) is 5.96. The van der Waals surface area contributed by atoms with Gasteiger partial charge in [-0.15, -0.1) is 0 Å². The molecule has 0 unspecified atom stereocenters. The molecule has 2 aromatic rings. The Hall–Kier alpha value is -2.47. The van der Waals surface area contributed by atoms with Crippen LogP contribution in [0.5, 0.6) is 5.88 Å². The first kappa shape index (κ1) is 15.4. The molecule has 0 atom stereocenters. The van der Waals surface area contributed by atoms with Gasteiger partial charge in [0.2, 0.25) is 5.88 Å². The van der Waals surface area contributed by atoms with E-state index >= 15 is 0 Å². The minimum absolute atomic E-state index is 0.112. The average molecular weight is 327 g/mol. The minimum atomic E-state index is -0.299. The summed E-state index contributed by atoms with van der Waals surface area (Å²) < 4.78 is 3.36. The maximum Gasteiger partial charge on any atom is 0.265 e. The van der Waals surface area contributed by atoms with Crippen LogP contribution in [-0.4, -0.2) is 14.2 Å². The van der Waals surface area contributed by atoms with Crippen LogP contribution < -0.4 is 16.1 Å². The van der Waals surface area contributed by atoms with E-state index in [0.29, 0.717) is 23.6 Å². The SMILES string of the molecule is CCn1c(O)c(/C=C2/C=c3ccccc3=N2)c(=O)n(CC)c1=S. The molecule has 1 N–H and O–H groups in total. The maximum atomic E-state index is 12.6. The number of aromatic nitrogens is 2. The Morgan fingerprint density at radius 2 is 1.91 bits per heavy atom. The zero-order valence-electron chi connectivity index (χ0n) is 13.0. The van der Waals surface area contributed by atoms with E-state index in [1.165, 1.54) is 4.57 Å². The molecule has 1 aliphatic heterocycles. The number of hydrogen-bond acceptors (Lipinski definition) is 4. The zero-order chi connectivity index (χ0) is 16.6. The van der Waals surface area contributed by atoms with E-state index in [1.54, 1.807) is 10.6 Å². The molecule has 1 aromatic carbocycles. The van der Waals surface area contributed by atoms with Crippen LogP contribution in [0, 0.1) is 4.77 Å². The predicted octanol–water partition coefficient (Wildman–Crippen LogP) is 1.58. The van der Waals surface area contributed by atoms with Gasteiger partial charge in [-0.3, -0.25) is 13.9 Å². The summed E-state index contributed by atoms with van der Waals surface area (Å²) in [6.45, 7) is 4.67. The topological polar surface area (TPSA) is 59.5 Å². The quantitative estimate of drug-likeness (QED) is 0.871. The van der Waals surface area contributed by atoms with Crippen LogP contribution in [0.2, 0.25) is 0 Å². The predicted molar refractivity (Wildman–Crippen MR) is 92.2 cm³/mol. The highest BCUT2D eigenvalue weighted by Crippen LogP contribution is 2.18. The lowest BCUT2D eigenvalue weighted by molar-refractivity contribution is 0.399. The van der Waals surface area contributed by atoms with Gasteiger partial charge < -0.3 is 5.11 Å². The van der Waals surface area contributed by atoms with Gasteiger partial charge in [-0.05, 0) is 44.3 Å². The fraction of sp³-hybridized carbons (Fsp3) is 0.235. The third-order valence-corrected chi connectivity index (χ3v) is 4.29. The lowest BCUT2D eigenvalue weighted by Crippen LogP contribution is -2.26. The van der Waals surface area contributed by atoms with E-state index in [4.69, 9.17) is 12.2 Å². The largest absolute Gasteiger partial charge is 0.494 e. The van der Waals surface area contributed by atoms with Gasteiger partial charge in [-0.25, -0.2) is 4.99 Å². The Morgan fingerprint density at radius 1 is 1.22 bits per heavy atom. The van der Waals surface area contributed by atoms with Crippen LogP contribution in [0.25, 0.3) is 12.2 Å². The van der Waals surface area contributed by atoms with Gasteiger partial charge in [-0.2, -0.15) is 0 Å². The second-order valence-corrected chi connectivity index (χ2v) is 5.56. The first-order valence-corrected chi connectivity index (χ1v) is 7.91. The fourth-order valence-corrected chi connectivity index (χ4v) is 3.09. The Kier molecular flexibility index (Phi) is 4.00. The number of nitrogens with zero attached hydrogens (tertiary/aromatic N) is 3. The monoisotopic (exact) mass is 327 g/mol. The molecule has 1 aromatic heterocycles. The smallest absolute Gasteiger partial charge is 0.265 e. The number of benzene rings is 1. The van der Waals surface area contributed by atoms with Crippen molar-refractivity contribution in [2.75, 3.05) is 0 Å². The first-order chi connectivity index (χ1) is 11.1. The summed E-state index contributed by atoms with van der Waals surface area (Å²) in [4.78, 5) is 17.1. The Morgan fingerprint density at radius 3 is 2.57 bits per heavy atom. The molecule has 0 spiro atoms. The van der Waals surface area contributed by atoms with Gasteiger partial charge >= 0.3 is 0 Å². The van der Waals surface area contributed by atoms with E-state index in [0.717, 1.165) is 10.6 Å². The molecule has 6 heteroatoms. The van der Waals surface area contributed by atoms with Crippen molar-refractivity contribution in [1.29, 1.82) is 0 Å². The summed E-state index contributed by atoms with van der Waals surface area (Å²) >= 11 is 5.28. The van der Waals surface area contributed by atoms with E-state index in [-0.39, 0.29) is 17.0 Å². The molecule has 23 heavy (non-hydrogen) atoms. The van der Waals surface area contributed by atoms with Gasteiger partial charge in [0.15, 0.2) is 4.77 Å². The highest BCUT2D eigenvalue weighted by Gasteiger charge is 2.14. The van der Waals surface area contributed by atoms with E-state index < -0.39 is 0 Å². The van der Waals surface area contributed by atoms with Crippen LogP contribution in [0.15, 0.2) is 39.7 Å². The van der Waals surface area contributed by atoms with Crippen molar-refractivity contribution in [2.45, 2.75) is 26.9 Å². The maximum absolute atomic E-state index is 12.6. The Balaban J connectivity index is 2.26. The fourth-order valence-electron chi connectivity index (χ4n) is 2.66. The van der Waals surface area contributed by atoms with Crippen LogP contribution in [0.3, 0.4) is 0 Å². The molecule has 118 valence electrons. The summed E-state index contributed by atoms with van der Waals surface area (Å²) in [6, 6.07) is 7.72. The van der Waals surface area contributed by atoms with Crippen molar-refractivity contribution in [2.24, 2.45) is 4.99 Å². The molecule has 5 nitrogen and oxygen atoms in total. The molecule has 0 aliphatic carbocycles. The number of allylic oxidation sites excluding steroid dienone is 1. The Bertz CT molecular complexity index is 1010. The number of hydrogen-bond donors (Lipinski definition) is 1. The highest BCUT2D eigenvalue weighted by atomic mass is 32.1. The van der Waals surface area contributed by atoms with Crippen LogP contribution >= 0.6 is 12.2 Å². The molecular weight excluding hydrogens is 310 g/mol. The summed E-state index contributed by atoms with van der Waals surface area (Å²) in [6.07, 6.45) is 3.51. The second-order valence-electron chi connectivity index (χ2n) is 5.20. The molecule has 0 saturated carbocycles. The normalized spacial score (nSPS) is 14.4. The van der Waals surface area contributed by atoms with Crippen molar-refractivity contribution in [3.05, 3.63) is 61.2 Å². The summed E-state index contributed by atoms with van der Waals surface area (Å²) in [5, 5.41) is 12.3. The summed E-state index contributed by atoms with van der Waals surface area (Å²) in [7, 11) is 0. The van der Waals surface area contributed by atoms with E-state index in [2.05, 4.69) is 4.99 Å². The number of rotatable bonds is 3. The zero-order valence-corrected chi connectivity index (χ0v) is 13.8. The average Bonchev–Trinajstić information content (AvgIpc) is 2.95. The molecule has 0 saturated heterocycles. The van der Waals surface area contributed by atoms with Gasteiger partial charge in [-0.1, -0.05) is 18.2 Å². The van der Waals surface area contributed by atoms with Gasteiger partial charge in [0.05, 0.1) is 11.1 Å². The number of aromatic hydroxyl groups is 1. The molecule has 0 amide bonds. The molecule has 0 bridgehead atoms. The summed E-state index contributed by atoms with van der Waals surface area (Å²) in [5.41, 5.74) is 0.554.